The molecule has 0 saturated carbocycles. The standard InChI is InChI=1S/C20H22N4/c21-13-17-7-3-9-22-20(17)23-18-8-4-10-24(14-18)19-11-15-5-1-2-6-16(15)12-19/h1-3,5-7,9,18-19H,4,8,10-12,14H2,(H,22,23)/t18-/m1/s1. The fraction of sp³-hybridized carbons (Fsp3) is 0.400. The molecule has 4 heteroatoms. The molecule has 4 rings (SSSR count). The van der Waals surface area contributed by atoms with Crippen molar-refractivity contribution in [3.63, 3.8) is 0 Å². The molecule has 1 fully saturated rings. The van der Waals surface area contributed by atoms with Crippen LogP contribution < -0.4 is 5.32 Å². The summed E-state index contributed by atoms with van der Waals surface area (Å²) in [7, 11) is 0. The van der Waals surface area contributed by atoms with Gasteiger partial charge in [0.2, 0.25) is 0 Å². The lowest BCUT2D eigenvalue weighted by atomic mass is 10.0. The molecule has 2 aliphatic rings. The molecule has 1 N–H and O–H groups in total. The molecule has 0 amide bonds. The Hall–Kier alpha value is -2.38. The maximum atomic E-state index is 9.23. The molecular formula is C20H22N4. The number of aromatic nitrogens is 1. The van der Waals surface area contributed by atoms with E-state index < -0.39 is 0 Å². The van der Waals surface area contributed by atoms with Gasteiger partial charge in [-0.05, 0) is 55.5 Å². The number of likely N-dealkylation sites (tertiary alicyclic amines) is 1. The highest BCUT2D eigenvalue weighted by Crippen LogP contribution is 2.28. The van der Waals surface area contributed by atoms with Crippen LogP contribution in [-0.4, -0.2) is 35.1 Å². The lowest BCUT2D eigenvalue weighted by molar-refractivity contribution is 0.158. The van der Waals surface area contributed by atoms with Gasteiger partial charge in [0, 0.05) is 24.8 Å². The first-order valence-electron chi connectivity index (χ1n) is 8.76. The third-order valence-corrected chi connectivity index (χ3v) is 5.27. The number of rotatable bonds is 3. The van der Waals surface area contributed by atoms with Crippen LogP contribution in [0.2, 0.25) is 0 Å². The van der Waals surface area contributed by atoms with Crippen molar-refractivity contribution in [3.8, 4) is 6.07 Å². The van der Waals surface area contributed by atoms with Crippen molar-refractivity contribution in [1.82, 2.24) is 9.88 Å². The average molecular weight is 318 g/mol. The number of anilines is 1. The normalized spacial score (nSPS) is 21.2. The number of nitrogens with one attached hydrogen (secondary N) is 1. The van der Waals surface area contributed by atoms with E-state index in [-0.39, 0.29) is 0 Å². The van der Waals surface area contributed by atoms with Gasteiger partial charge in [0.1, 0.15) is 11.9 Å². The summed E-state index contributed by atoms with van der Waals surface area (Å²) in [6.45, 7) is 2.20. The highest BCUT2D eigenvalue weighted by Gasteiger charge is 2.30. The van der Waals surface area contributed by atoms with Crippen LogP contribution in [0.1, 0.15) is 29.5 Å². The first-order chi connectivity index (χ1) is 11.8. The van der Waals surface area contributed by atoms with Crippen molar-refractivity contribution in [2.24, 2.45) is 0 Å². The van der Waals surface area contributed by atoms with Crippen molar-refractivity contribution in [1.29, 1.82) is 5.26 Å². The second kappa shape index (κ2) is 6.62. The minimum Gasteiger partial charge on any atom is -0.365 e. The lowest BCUT2D eigenvalue weighted by Crippen LogP contribution is -2.47. The topological polar surface area (TPSA) is 52.0 Å². The Kier molecular flexibility index (Phi) is 4.18. The molecule has 0 spiro atoms. The zero-order valence-electron chi connectivity index (χ0n) is 13.8. The van der Waals surface area contributed by atoms with Crippen LogP contribution in [-0.2, 0) is 12.8 Å². The van der Waals surface area contributed by atoms with E-state index in [1.807, 2.05) is 12.1 Å². The highest BCUT2D eigenvalue weighted by molar-refractivity contribution is 5.51. The summed E-state index contributed by atoms with van der Waals surface area (Å²) in [4.78, 5) is 6.97. The Bertz CT molecular complexity index is 739. The van der Waals surface area contributed by atoms with Gasteiger partial charge in [-0.3, -0.25) is 4.90 Å². The zero-order valence-corrected chi connectivity index (χ0v) is 13.8. The zero-order chi connectivity index (χ0) is 16.4. The van der Waals surface area contributed by atoms with Crippen molar-refractivity contribution in [3.05, 3.63) is 59.3 Å². The van der Waals surface area contributed by atoms with Crippen LogP contribution in [0.25, 0.3) is 0 Å². The maximum absolute atomic E-state index is 9.23. The van der Waals surface area contributed by atoms with E-state index in [4.69, 9.17) is 0 Å². The van der Waals surface area contributed by atoms with Crippen molar-refractivity contribution in [2.75, 3.05) is 18.4 Å². The highest BCUT2D eigenvalue weighted by atomic mass is 15.2. The Morgan fingerprint density at radius 1 is 1.12 bits per heavy atom. The predicted molar refractivity (Wildman–Crippen MR) is 94.8 cm³/mol. The van der Waals surface area contributed by atoms with Crippen LogP contribution in [0, 0.1) is 11.3 Å². The molecule has 0 unspecified atom stereocenters. The number of pyridine rings is 1. The van der Waals surface area contributed by atoms with Gasteiger partial charge in [0.05, 0.1) is 5.56 Å². The van der Waals surface area contributed by atoms with Gasteiger partial charge in [0.25, 0.3) is 0 Å². The van der Waals surface area contributed by atoms with E-state index >= 15 is 0 Å². The van der Waals surface area contributed by atoms with Crippen LogP contribution in [0.4, 0.5) is 5.82 Å². The Morgan fingerprint density at radius 3 is 2.67 bits per heavy atom. The van der Waals surface area contributed by atoms with Gasteiger partial charge in [-0.25, -0.2) is 4.98 Å². The lowest BCUT2D eigenvalue weighted by Gasteiger charge is -2.37. The van der Waals surface area contributed by atoms with Crippen LogP contribution in [0.15, 0.2) is 42.6 Å². The smallest absolute Gasteiger partial charge is 0.144 e. The predicted octanol–water partition coefficient (Wildman–Crippen LogP) is 3.00. The van der Waals surface area contributed by atoms with E-state index in [0.29, 0.717) is 17.6 Å². The third-order valence-electron chi connectivity index (χ3n) is 5.27. The molecule has 1 aromatic carbocycles. The molecule has 122 valence electrons. The summed E-state index contributed by atoms with van der Waals surface area (Å²) in [5.74, 6) is 0.724. The molecule has 24 heavy (non-hydrogen) atoms. The van der Waals surface area contributed by atoms with Crippen molar-refractivity contribution in [2.45, 2.75) is 37.8 Å². The van der Waals surface area contributed by atoms with Crippen molar-refractivity contribution < 1.29 is 0 Å². The number of benzene rings is 1. The molecule has 4 nitrogen and oxygen atoms in total. The molecule has 0 radical (unpaired) electrons. The number of nitrogens with zero attached hydrogens (tertiary/aromatic N) is 3. The van der Waals surface area contributed by atoms with E-state index in [1.54, 1.807) is 6.20 Å². The quantitative estimate of drug-likeness (QED) is 0.945. The summed E-state index contributed by atoms with van der Waals surface area (Å²) in [5, 5.41) is 12.7. The van der Waals surface area contributed by atoms with E-state index in [2.05, 4.69) is 45.5 Å². The van der Waals surface area contributed by atoms with E-state index in [9.17, 15) is 5.26 Å². The largest absolute Gasteiger partial charge is 0.365 e. The number of piperidine rings is 1. The van der Waals surface area contributed by atoms with Crippen LogP contribution in [0.3, 0.4) is 0 Å². The summed E-state index contributed by atoms with van der Waals surface area (Å²) < 4.78 is 0. The third kappa shape index (κ3) is 3.00. The molecule has 1 saturated heterocycles. The molecule has 1 aliphatic carbocycles. The number of fused-ring (bicyclic) bond motifs is 1. The Morgan fingerprint density at radius 2 is 1.92 bits per heavy atom. The SMILES string of the molecule is N#Cc1cccnc1N[C@@H]1CCCN(C2Cc3ccccc3C2)C1. The number of hydrogen-bond donors (Lipinski definition) is 1. The van der Waals surface area contributed by atoms with E-state index in [0.717, 1.165) is 31.6 Å². The van der Waals surface area contributed by atoms with Gasteiger partial charge in [0.15, 0.2) is 0 Å². The molecule has 2 aromatic rings. The van der Waals surface area contributed by atoms with Crippen LogP contribution >= 0.6 is 0 Å². The monoisotopic (exact) mass is 318 g/mol. The molecule has 2 heterocycles. The van der Waals surface area contributed by atoms with E-state index in [1.165, 1.54) is 24.1 Å². The minimum atomic E-state index is 0.365. The first kappa shape index (κ1) is 15.2. The second-order valence-corrected chi connectivity index (χ2v) is 6.82. The molecule has 1 aromatic heterocycles. The van der Waals surface area contributed by atoms with Gasteiger partial charge in [-0.15, -0.1) is 0 Å². The summed E-state index contributed by atoms with van der Waals surface area (Å²) >= 11 is 0. The fourth-order valence-electron chi connectivity index (χ4n) is 4.05. The number of nitriles is 1. The Labute approximate surface area is 143 Å². The molecule has 1 aliphatic heterocycles. The van der Waals surface area contributed by atoms with Crippen LogP contribution in [0.5, 0.6) is 0 Å². The summed E-state index contributed by atoms with van der Waals surface area (Å²) in [6.07, 6.45) is 6.40. The first-order valence-corrected chi connectivity index (χ1v) is 8.76. The van der Waals surface area contributed by atoms with Crippen molar-refractivity contribution >= 4 is 5.82 Å². The Balaban J connectivity index is 1.43. The van der Waals surface area contributed by atoms with Gasteiger partial charge in [-0.2, -0.15) is 5.26 Å². The maximum Gasteiger partial charge on any atom is 0.144 e. The second-order valence-electron chi connectivity index (χ2n) is 6.82. The van der Waals surface area contributed by atoms with Gasteiger partial charge < -0.3 is 5.32 Å². The summed E-state index contributed by atoms with van der Waals surface area (Å²) in [5.41, 5.74) is 3.64. The van der Waals surface area contributed by atoms with Gasteiger partial charge >= 0.3 is 0 Å². The molecule has 1 atom stereocenters. The molecular weight excluding hydrogens is 296 g/mol. The van der Waals surface area contributed by atoms with Gasteiger partial charge in [-0.1, -0.05) is 24.3 Å². The fourth-order valence-corrected chi connectivity index (χ4v) is 4.05. The molecule has 0 bridgehead atoms. The number of hydrogen-bond acceptors (Lipinski definition) is 4. The summed E-state index contributed by atoms with van der Waals surface area (Å²) in [6, 6.07) is 15.7. The minimum absolute atomic E-state index is 0.365. The average Bonchev–Trinajstić information content (AvgIpc) is 3.07.